The minimum Gasteiger partial charge on any atom is -0.465 e. The summed E-state index contributed by atoms with van der Waals surface area (Å²) in [6, 6.07) is 0. The van der Waals surface area contributed by atoms with Crippen LogP contribution in [0, 0.1) is 17.8 Å². The Morgan fingerprint density at radius 3 is 1.37 bits per heavy atom. The van der Waals surface area contributed by atoms with Crippen LogP contribution in [0.4, 0.5) is 0 Å². The smallest absolute Gasteiger partial charge is 0.309 e. The molecule has 0 radical (unpaired) electrons. The molecule has 0 aromatic rings. The fourth-order valence-corrected chi connectivity index (χ4v) is 5.21. The van der Waals surface area contributed by atoms with E-state index in [4.69, 9.17) is 9.47 Å². The normalized spacial score (nSPS) is 18.1. The molecule has 0 N–H and O–H groups in total. The molecular weight excluding hydrogens is 436 g/mol. The molecule has 2 unspecified atom stereocenters. The van der Waals surface area contributed by atoms with Gasteiger partial charge in [-0.05, 0) is 31.6 Å². The van der Waals surface area contributed by atoms with Gasteiger partial charge in [-0.1, -0.05) is 130 Å². The molecule has 1 aliphatic carbocycles. The zero-order valence-electron chi connectivity index (χ0n) is 23.6. The zero-order valence-corrected chi connectivity index (χ0v) is 23.6. The molecule has 0 aromatic carbocycles. The molecular formula is C31H58O4. The van der Waals surface area contributed by atoms with E-state index < -0.39 is 0 Å². The largest absolute Gasteiger partial charge is 0.465 e. The van der Waals surface area contributed by atoms with E-state index in [-0.39, 0.29) is 23.8 Å². The first-order valence-electron chi connectivity index (χ1n) is 15.4. The average Bonchev–Trinajstić information content (AvgIpc) is 2.85. The Balaban J connectivity index is 2.08. The lowest BCUT2D eigenvalue weighted by molar-refractivity contribution is -0.163. The fraction of sp³-hybridized carbons (Fsp3) is 0.935. The van der Waals surface area contributed by atoms with Crippen LogP contribution in [0.15, 0.2) is 0 Å². The Labute approximate surface area is 217 Å². The van der Waals surface area contributed by atoms with E-state index in [0.717, 1.165) is 57.3 Å². The van der Waals surface area contributed by atoms with Crippen LogP contribution in [0.5, 0.6) is 0 Å². The summed E-state index contributed by atoms with van der Waals surface area (Å²) in [5, 5.41) is 0. The van der Waals surface area contributed by atoms with E-state index in [1.54, 1.807) is 0 Å². The number of esters is 2. The van der Waals surface area contributed by atoms with E-state index in [9.17, 15) is 9.59 Å². The van der Waals surface area contributed by atoms with Crippen LogP contribution >= 0.6 is 0 Å². The van der Waals surface area contributed by atoms with Crippen molar-refractivity contribution < 1.29 is 19.1 Å². The van der Waals surface area contributed by atoms with Crippen molar-refractivity contribution in [3.8, 4) is 0 Å². The molecule has 35 heavy (non-hydrogen) atoms. The molecule has 1 fully saturated rings. The van der Waals surface area contributed by atoms with Crippen LogP contribution < -0.4 is 0 Å². The SMILES string of the molecule is CCCCCCCCCCCCCCOC(=O)C1CCCCC1C(=O)OCCCCCCC(C)C. The Bertz CT molecular complexity index is 516. The van der Waals surface area contributed by atoms with Gasteiger partial charge in [0.1, 0.15) is 0 Å². The maximum atomic E-state index is 12.7. The van der Waals surface area contributed by atoms with Crippen LogP contribution in [-0.2, 0) is 19.1 Å². The van der Waals surface area contributed by atoms with Gasteiger partial charge in [0.05, 0.1) is 25.0 Å². The minimum absolute atomic E-state index is 0.177. The lowest BCUT2D eigenvalue weighted by Gasteiger charge is -2.28. The monoisotopic (exact) mass is 494 g/mol. The van der Waals surface area contributed by atoms with Gasteiger partial charge < -0.3 is 9.47 Å². The van der Waals surface area contributed by atoms with E-state index in [2.05, 4.69) is 20.8 Å². The molecule has 0 aromatic heterocycles. The van der Waals surface area contributed by atoms with Crippen molar-refractivity contribution in [1.29, 1.82) is 0 Å². The summed E-state index contributed by atoms with van der Waals surface area (Å²) in [7, 11) is 0. The van der Waals surface area contributed by atoms with Gasteiger partial charge in [-0.2, -0.15) is 0 Å². The Morgan fingerprint density at radius 2 is 0.971 bits per heavy atom. The standard InChI is InChI=1S/C31H58O4/c1-4-5-6-7-8-9-10-11-12-13-15-20-25-34-30(32)28-23-18-19-24-29(28)31(33)35-26-21-16-14-17-22-27(2)3/h27-29H,4-26H2,1-3H3. The lowest BCUT2D eigenvalue weighted by Crippen LogP contribution is -2.35. The zero-order chi connectivity index (χ0) is 25.6. The van der Waals surface area contributed by atoms with E-state index in [1.165, 1.54) is 83.5 Å². The van der Waals surface area contributed by atoms with Crippen LogP contribution in [0.3, 0.4) is 0 Å². The highest BCUT2D eigenvalue weighted by molar-refractivity contribution is 5.82. The van der Waals surface area contributed by atoms with Gasteiger partial charge in [-0.25, -0.2) is 0 Å². The molecule has 1 saturated carbocycles. The Morgan fingerprint density at radius 1 is 0.600 bits per heavy atom. The summed E-state index contributed by atoms with van der Waals surface area (Å²) in [6.45, 7) is 7.75. The third-order valence-corrected chi connectivity index (χ3v) is 7.53. The summed E-state index contributed by atoms with van der Waals surface area (Å²) in [6.07, 6.45) is 24.8. The highest BCUT2D eigenvalue weighted by atomic mass is 16.5. The van der Waals surface area contributed by atoms with Gasteiger partial charge in [0.2, 0.25) is 0 Å². The van der Waals surface area contributed by atoms with Crippen molar-refractivity contribution in [3.63, 3.8) is 0 Å². The molecule has 0 spiro atoms. The lowest BCUT2D eigenvalue weighted by atomic mass is 9.79. The molecule has 4 heteroatoms. The highest BCUT2D eigenvalue weighted by Gasteiger charge is 2.37. The van der Waals surface area contributed by atoms with E-state index in [0.29, 0.717) is 13.2 Å². The first-order valence-corrected chi connectivity index (χ1v) is 15.4. The van der Waals surface area contributed by atoms with Gasteiger partial charge in [-0.15, -0.1) is 0 Å². The Kier molecular flexibility index (Phi) is 20.2. The molecule has 206 valence electrons. The van der Waals surface area contributed by atoms with Crippen molar-refractivity contribution in [2.75, 3.05) is 13.2 Å². The summed E-state index contributed by atoms with van der Waals surface area (Å²) < 4.78 is 11.2. The number of unbranched alkanes of at least 4 members (excludes halogenated alkanes) is 14. The van der Waals surface area contributed by atoms with Gasteiger partial charge in [-0.3, -0.25) is 9.59 Å². The summed E-state index contributed by atoms with van der Waals surface area (Å²) in [5.41, 5.74) is 0. The quantitative estimate of drug-likeness (QED) is 0.111. The van der Waals surface area contributed by atoms with Gasteiger partial charge in [0, 0.05) is 0 Å². The molecule has 0 bridgehead atoms. The second kappa shape index (κ2) is 22.2. The minimum atomic E-state index is -0.306. The number of ether oxygens (including phenoxy) is 2. The Hall–Kier alpha value is -1.06. The molecule has 0 heterocycles. The van der Waals surface area contributed by atoms with Crippen molar-refractivity contribution in [3.05, 3.63) is 0 Å². The molecule has 0 aliphatic heterocycles. The molecule has 0 amide bonds. The summed E-state index contributed by atoms with van der Waals surface area (Å²) in [5.74, 6) is -0.211. The predicted molar refractivity (Wildman–Crippen MR) is 146 cm³/mol. The van der Waals surface area contributed by atoms with E-state index in [1.807, 2.05) is 0 Å². The van der Waals surface area contributed by atoms with Gasteiger partial charge in [0.15, 0.2) is 0 Å². The van der Waals surface area contributed by atoms with Crippen molar-refractivity contribution in [1.82, 2.24) is 0 Å². The van der Waals surface area contributed by atoms with Crippen LogP contribution in [0.25, 0.3) is 0 Å². The third-order valence-electron chi connectivity index (χ3n) is 7.53. The number of carbonyl (C=O) groups is 2. The molecule has 4 nitrogen and oxygen atoms in total. The first-order chi connectivity index (χ1) is 17.1. The van der Waals surface area contributed by atoms with Crippen molar-refractivity contribution >= 4 is 11.9 Å². The van der Waals surface area contributed by atoms with Crippen LogP contribution in [0.2, 0.25) is 0 Å². The molecule has 2 atom stereocenters. The first kappa shape index (κ1) is 32.0. The fourth-order valence-electron chi connectivity index (χ4n) is 5.21. The van der Waals surface area contributed by atoms with Crippen LogP contribution in [-0.4, -0.2) is 25.2 Å². The van der Waals surface area contributed by atoms with Gasteiger partial charge >= 0.3 is 11.9 Å². The van der Waals surface area contributed by atoms with E-state index >= 15 is 0 Å². The predicted octanol–water partition coefficient (Wildman–Crippen LogP) is 9.19. The second-order valence-corrected chi connectivity index (χ2v) is 11.3. The second-order valence-electron chi connectivity index (χ2n) is 11.3. The number of hydrogen-bond acceptors (Lipinski definition) is 4. The number of rotatable bonds is 22. The van der Waals surface area contributed by atoms with Crippen LogP contribution in [0.1, 0.15) is 156 Å². The third kappa shape index (κ3) is 17.1. The number of hydrogen-bond donors (Lipinski definition) is 0. The maximum absolute atomic E-state index is 12.7. The summed E-state index contributed by atoms with van der Waals surface area (Å²) in [4.78, 5) is 25.3. The molecule has 0 saturated heterocycles. The topological polar surface area (TPSA) is 52.6 Å². The van der Waals surface area contributed by atoms with Gasteiger partial charge in [0.25, 0.3) is 0 Å². The molecule has 1 aliphatic rings. The molecule has 1 rings (SSSR count). The average molecular weight is 495 g/mol. The summed E-state index contributed by atoms with van der Waals surface area (Å²) >= 11 is 0. The highest BCUT2D eigenvalue weighted by Crippen LogP contribution is 2.32. The maximum Gasteiger partial charge on any atom is 0.309 e. The number of carbonyl (C=O) groups excluding carboxylic acids is 2. The van der Waals surface area contributed by atoms with Crippen molar-refractivity contribution in [2.45, 2.75) is 156 Å². The van der Waals surface area contributed by atoms with Crippen molar-refractivity contribution in [2.24, 2.45) is 17.8 Å².